The van der Waals surface area contributed by atoms with Crippen LogP contribution in [0.1, 0.15) is 29.0 Å². The smallest absolute Gasteiger partial charge is 0.322 e. The Labute approximate surface area is 225 Å². The lowest BCUT2D eigenvalue weighted by Crippen LogP contribution is -2.57. The summed E-state index contributed by atoms with van der Waals surface area (Å²) >= 11 is 0. The van der Waals surface area contributed by atoms with Gasteiger partial charge in [-0.25, -0.2) is 9.18 Å². The number of halogens is 1. The van der Waals surface area contributed by atoms with Gasteiger partial charge in [-0.1, -0.05) is 60.7 Å². The van der Waals surface area contributed by atoms with Gasteiger partial charge in [-0.2, -0.15) is 0 Å². The van der Waals surface area contributed by atoms with Crippen LogP contribution in [0.4, 0.5) is 9.18 Å². The number of hydrogen-bond acceptors (Lipinski definition) is 5. The highest BCUT2D eigenvalue weighted by Crippen LogP contribution is 2.42. The van der Waals surface area contributed by atoms with E-state index in [2.05, 4.69) is 64.1 Å². The van der Waals surface area contributed by atoms with E-state index in [0.717, 1.165) is 6.54 Å². The predicted octanol–water partition coefficient (Wildman–Crippen LogP) is 2.99. The van der Waals surface area contributed by atoms with E-state index in [4.69, 9.17) is 4.74 Å². The van der Waals surface area contributed by atoms with E-state index in [1.54, 1.807) is 4.90 Å². The lowest BCUT2D eigenvalue weighted by Gasteiger charge is -2.41. The highest BCUT2D eigenvalue weighted by atomic mass is 19.1. The molecule has 4 amide bonds. The van der Waals surface area contributed by atoms with Crippen LogP contribution >= 0.6 is 0 Å². The van der Waals surface area contributed by atoms with E-state index in [1.807, 2.05) is 12.1 Å². The molecule has 0 radical (unpaired) electrons. The number of carbonyl (C=O) groups excluding carboxylic acids is 3. The first kappa shape index (κ1) is 25.1. The van der Waals surface area contributed by atoms with Gasteiger partial charge in [-0.15, -0.1) is 0 Å². The number of benzene rings is 3. The fraction of sp³-hybridized carbons (Fsp3) is 0.300. The second-order valence-corrected chi connectivity index (χ2v) is 10.3. The van der Waals surface area contributed by atoms with Crippen LogP contribution in [0.5, 0.6) is 5.75 Å². The number of piperazine rings is 1. The van der Waals surface area contributed by atoms with Gasteiger partial charge in [0, 0.05) is 50.6 Å². The molecular weight excluding hydrogens is 499 g/mol. The molecule has 2 atom stereocenters. The summed E-state index contributed by atoms with van der Waals surface area (Å²) in [6.45, 7) is 3.23. The Kier molecular flexibility index (Phi) is 6.52. The summed E-state index contributed by atoms with van der Waals surface area (Å²) in [5.74, 6) is -1.00. The number of ether oxygens (including phenoxy) is 1. The van der Waals surface area contributed by atoms with Crippen molar-refractivity contribution in [3.63, 3.8) is 0 Å². The number of fused-ring (bicyclic) bond motifs is 2. The van der Waals surface area contributed by atoms with Gasteiger partial charge in [-0.3, -0.25) is 19.8 Å². The second kappa shape index (κ2) is 10.1. The molecule has 3 aromatic carbocycles. The van der Waals surface area contributed by atoms with E-state index in [-0.39, 0.29) is 29.6 Å². The standard InChI is InChI=1S/C30H29FN4O4/c31-22-11-12-25-24(17-22)30(28(37)32-29(38)33-30)18-26(39-25)27(36)35-15-13-34(14-16-35)19-23(20-7-3-1-4-8-20)21-9-5-2-6-10-21/h1-12,17,23,26H,13-16,18-19H2,(H2,32,33,37,38)/t26-,30-/m1/s1. The summed E-state index contributed by atoms with van der Waals surface area (Å²) in [5, 5.41) is 4.85. The molecule has 6 rings (SSSR count). The number of nitrogens with one attached hydrogen (secondary N) is 2. The molecule has 1 spiro atoms. The van der Waals surface area contributed by atoms with Crippen LogP contribution in [-0.4, -0.2) is 66.5 Å². The second-order valence-electron chi connectivity index (χ2n) is 10.3. The molecule has 2 fully saturated rings. The third kappa shape index (κ3) is 4.74. The first-order valence-corrected chi connectivity index (χ1v) is 13.1. The first-order valence-electron chi connectivity index (χ1n) is 13.1. The summed E-state index contributed by atoms with van der Waals surface area (Å²) in [4.78, 5) is 42.6. The SMILES string of the molecule is O=C1NC(=O)[C@]2(C[C@H](C(=O)N3CCN(CC(c4ccccc4)c4ccccc4)CC3)Oc3ccc(F)cc32)N1. The molecule has 9 heteroatoms. The number of carbonyl (C=O) groups is 3. The zero-order chi connectivity index (χ0) is 27.0. The summed E-state index contributed by atoms with van der Waals surface area (Å²) in [6, 6.07) is 23.9. The van der Waals surface area contributed by atoms with Crippen LogP contribution in [0, 0.1) is 5.82 Å². The molecule has 200 valence electrons. The molecule has 8 nitrogen and oxygen atoms in total. The molecule has 0 bridgehead atoms. The molecule has 3 aliphatic rings. The molecule has 0 saturated carbocycles. The quantitative estimate of drug-likeness (QED) is 0.497. The van der Waals surface area contributed by atoms with Crippen molar-refractivity contribution in [2.45, 2.75) is 24.0 Å². The Bertz CT molecular complexity index is 1360. The first-order chi connectivity index (χ1) is 18.9. The predicted molar refractivity (Wildman–Crippen MR) is 142 cm³/mol. The van der Waals surface area contributed by atoms with Crippen molar-refractivity contribution in [3.05, 3.63) is 101 Å². The van der Waals surface area contributed by atoms with Gasteiger partial charge in [0.25, 0.3) is 11.8 Å². The normalized spacial score (nSPS) is 22.8. The Morgan fingerprint density at radius 3 is 2.18 bits per heavy atom. The highest BCUT2D eigenvalue weighted by Gasteiger charge is 2.55. The van der Waals surface area contributed by atoms with Gasteiger partial charge in [-0.05, 0) is 29.3 Å². The monoisotopic (exact) mass is 528 g/mol. The van der Waals surface area contributed by atoms with Crippen molar-refractivity contribution in [2.24, 2.45) is 0 Å². The van der Waals surface area contributed by atoms with Crippen LogP contribution in [-0.2, 0) is 15.1 Å². The van der Waals surface area contributed by atoms with Crippen molar-refractivity contribution in [2.75, 3.05) is 32.7 Å². The van der Waals surface area contributed by atoms with E-state index in [0.29, 0.717) is 26.2 Å². The number of amides is 4. The fourth-order valence-corrected chi connectivity index (χ4v) is 5.87. The molecular formula is C30H29FN4O4. The minimum Gasteiger partial charge on any atom is -0.480 e. The molecule has 39 heavy (non-hydrogen) atoms. The lowest BCUT2D eigenvalue weighted by molar-refractivity contribution is -0.143. The average Bonchev–Trinajstić information content (AvgIpc) is 3.25. The molecule has 0 aliphatic carbocycles. The molecule has 2 N–H and O–H groups in total. The van der Waals surface area contributed by atoms with Crippen molar-refractivity contribution < 1.29 is 23.5 Å². The zero-order valence-electron chi connectivity index (χ0n) is 21.3. The average molecular weight is 529 g/mol. The number of urea groups is 1. The van der Waals surface area contributed by atoms with Gasteiger partial charge in [0.05, 0.1) is 0 Å². The van der Waals surface area contributed by atoms with E-state index in [9.17, 15) is 18.8 Å². The van der Waals surface area contributed by atoms with Crippen molar-refractivity contribution in [3.8, 4) is 5.75 Å². The fourth-order valence-electron chi connectivity index (χ4n) is 5.87. The Morgan fingerprint density at radius 2 is 1.59 bits per heavy atom. The third-order valence-corrected chi connectivity index (χ3v) is 7.91. The number of imide groups is 1. The minimum atomic E-state index is -1.55. The van der Waals surface area contributed by atoms with Gasteiger partial charge in [0.15, 0.2) is 11.6 Å². The van der Waals surface area contributed by atoms with Crippen LogP contribution in [0.25, 0.3) is 0 Å². The van der Waals surface area contributed by atoms with Crippen LogP contribution in [0.3, 0.4) is 0 Å². The number of nitrogens with zero attached hydrogens (tertiary/aromatic N) is 2. The summed E-state index contributed by atoms with van der Waals surface area (Å²) < 4.78 is 20.0. The van der Waals surface area contributed by atoms with Gasteiger partial charge < -0.3 is 15.0 Å². The van der Waals surface area contributed by atoms with Crippen molar-refractivity contribution in [1.29, 1.82) is 0 Å². The summed E-state index contributed by atoms with van der Waals surface area (Å²) in [7, 11) is 0. The maximum absolute atomic E-state index is 14.1. The largest absolute Gasteiger partial charge is 0.480 e. The van der Waals surface area contributed by atoms with E-state index < -0.39 is 29.4 Å². The molecule has 0 aromatic heterocycles. The Balaban J connectivity index is 1.16. The molecule has 3 aliphatic heterocycles. The Morgan fingerprint density at radius 1 is 0.949 bits per heavy atom. The maximum atomic E-state index is 14.1. The van der Waals surface area contributed by atoms with Crippen LogP contribution < -0.4 is 15.4 Å². The summed E-state index contributed by atoms with van der Waals surface area (Å²) in [5.41, 5.74) is 1.16. The number of hydrogen-bond donors (Lipinski definition) is 2. The van der Waals surface area contributed by atoms with Gasteiger partial charge in [0.2, 0.25) is 0 Å². The zero-order valence-corrected chi connectivity index (χ0v) is 21.3. The topological polar surface area (TPSA) is 91.0 Å². The summed E-state index contributed by atoms with van der Waals surface area (Å²) in [6.07, 6.45) is -1.09. The van der Waals surface area contributed by atoms with Gasteiger partial charge in [0.1, 0.15) is 11.6 Å². The van der Waals surface area contributed by atoms with Crippen molar-refractivity contribution in [1.82, 2.24) is 20.4 Å². The van der Waals surface area contributed by atoms with E-state index >= 15 is 0 Å². The van der Waals surface area contributed by atoms with Crippen LogP contribution in [0.2, 0.25) is 0 Å². The van der Waals surface area contributed by atoms with Crippen molar-refractivity contribution >= 4 is 17.8 Å². The maximum Gasteiger partial charge on any atom is 0.322 e. The third-order valence-electron chi connectivity index (χ3n) is 7.91. The minimum absolute atomic E-state index is 0.107. The molecule has 2 saturated heterocycles. The lowest BCUT2D eigenvalue weighted by atomic mass is 9.81. The molecule has 0 unspecified atom stereocenters. The Hall–Kier alpha value is -4.24. The van der Waals surface area contributed by atoms with E-state index in [1.165, 1.54) is 29.3 Å². The van der Waals surface area contributed by atoms with Gasteiger partial charge >= 0.3 is 6.03 Å². The van der Waals surface area contributed by atoms with Crippen LogP contribution in [0.15, 0.2) is 78.9 Å². The highest BCUT2D eigenvalue weighted by molar-refractivity contribution is 6.08. The molecule has 3 aromatic rings. The number of rotatable bonds is 5. The molecule has 3 heterocycles.